The fourth-order valence-corrected chi connectivity index (χ4v) is 2.65. The number of nitrogens with zero attached hydrogens (tertiary/aromatic N) is 3. The van der Waals surface area contributed by atoms with Crippen molar-refractivity contribution < 1.29 is 14.6 Å². The number of carbonyl (C=O) groups is 1. The summed E-state index contributed by atoms with van der Waals surface area (Å²) in [6.45, 7) is 10.7. The van der Waals surface area contributed by atoms with Crippen LogP contribution in [-0.2, 0) is 16.1 Å². The van der Waals surface area contributed by atoms with Crippen LogP contribution in [0.3, 0.4) is 0 Å². The molecule has 0 aliphatic carbocycles. The van der Waals surface area contributed by atoms with E-state index in [1.165, 1.54) is 5.56 Å². The van der Waals surface area contributed by atoms with Crippen molar-refractivity contribution in [3.05, 3.63) is 17.0 Å². The van der Waals surface area contributed by atoms with Gasteiger partial charge in [-0.05, 0) is 27.7 Å². The Balaban J connectivity index is 2.12. The molecular formula is C14H23N3O3. The summed E-state index contributed by atoms with van der Waals surface area (Å²) in [6, 6.07) is 0.332. The number of morpholine rings is 1. The number of hydrogen-bond acceptors (Lipinski definition) is 4. The van der Waals surface area contributed by atoms with Crippen molar-refractivity contribution in [3.63, 3.8) is 0 Å². The lowest BCUT2D eigenvalue weighted by Gasteiger charge is -2.30. The lowest BCUT2D eigenvalue weighted by Crippen LogP contribution is -2.45. The number of rotatable bonds is 4. The molecular weight excluding hydrogens is 258 g/mol. The number of carboxylic acids is 1. The van der Waals surface area contributed by atoms with Gasteiger partial charge in [-0.3, -0.25) is 9.58 Å². The molecule has 6 nitrogen and oxygen atoms in total. The van der Waals surface area contributed by atoms with Gasteiger partial charge in [-0.1, -0.05) is 0 Å². The van der Waals surface area contributed by atoms with E-state index in [-0.39, 0.29) is 0 Å². The second-order valence-electron chi connectivity index (χ2n) is 5.62. The third-order valence-corrected chi connectivity index (χ3v) is 3.77. The molecule has 1 unspecified atom stereocenters. The van der Waals surface area contributed by atoms with E-state index in [1.54, 1.807) is 0 Å². The van der Waals surface area contributed by atoms with Crippen molar-refractivity contribution in [3.8, 4) is 0 Å². The maximum Gasteiger partial charge on any atom is 0.334 e. The van der Waals surface area contributed by atoms with Crippen LogP contribution in [0.2, 0.25) is 0 Å². The first kappa shape index (κ1) is 15.0. The van der Waals surface area contributed by atoms with Crippen LogP contribution in [0.25, 0.3) is 0 Å². The van der Waals surface area contributed by atoms with E-state index in [9.17, 15) is 4.79 Å². The van der Waals surface area contributed by atoms with Crippen molar-refractivity contribution in [2.75, 3.05) is 19.7 Å². The van der Waals surface area contributed by atoms with Gasteiger partial charge in [-0.25, -0.2) is 4.79 Å². The predicted molar refractivity (Wildman–Crippen MR) is 74.7 cm³/mol. The van der Waals surface area contributed by atoms with Crippen molar-refractivity contribution in [2.45, 2.75) is 46.4 Å². The van der Waals surface area contributed by atoms with Crippen LogP contribution < -0.4 is 0 Å². The molecule has 20 heavy (non-hydrogen) atoms. The lowest BCUT2D eigenvalue weighted by atomic mass is 10.1. The summed E-state index contributed by atoms with van der Waals surface area (Å²) >= 11 is 0. The Morgan fingerprint density at radius 3 is 2.75 bits per heavy atom. The van der Waals surface area contributed by atoms with Crippen molar-refractivity contribution in [2.24, 2.45) is 0 Å². The number of ether oxygens (including phenoxy) is 1. The van der Waals surface area contributed by atoms with Gasteiger partial charge in [0.25, 0.3) is 0 Å². The molecule has 2 rings (SSSR count). The average Bonchev–Trinajstić information content (AvgIpc) is 2.67. The van der Waals surface area contributed by atoms with E-state index in [0.29, 0.717) is 19.2 Å². The normalized spacial score (nSPS) is 20.6. The quantitative estimate of drug-likeness (QED) is 0.902. The minimum atomic E-state index is -0.888. The van der Waals surface area contributed by atoms with Gasteiger partial charge in [0.15, 0.2) is 6.10 Å². The van der Waals surface area contributed by atoms with Crippen molar-refractivity contribution in [1.29, 1.82) is 0 Å². The van der Waals surface area contributed by atoms with E-state index >= 15 is 0 Å². The summed E-state index contributed by atoms with van der Waals surface area (Å²) in [5.41, 5.74) is 3.38. The minimum absolute atomic E-state index is 0.332. The van der Waals surface area contributed by atoms with Crippen LogP contribution in [0, 0.1) is 13.8 Å². The maximum atomic E-state index is 11.0. The second-order valence-corrected chi connectivity index (χ2v) is 5.62. The average molecular weight is 281 g/mol. The highest BCUT2D eigenvalue weighted by Crippen LogP contribution is 2.20. The maximum absolute atomic E-state index is 11.0. The first-order chi connectivity index (χ1) is 9.40. The van der Waals surface area contributed by atoms with E-state index in [0.717, 1.165) is 24.5 Å². The highest BCUT2D eigenvalue weighted by Gasteiger charge is 2.27. The summed E-state index contributed by atoms with van der Waals surface area (Å²) in [5, 5.41) is 13.6. The first-order valence-electron chi connectivity index (χ1n) is 7.01. The SMILES string of the molecule is Cc1nn(C(C)C)c(C)c1CN1CCOC(C(=O)O)C1. The molecule has 0 bridgehead atoms. The van der Waals surface area contributed by atoms with Crippen LogP contribution >= 0.6 is 0 Å². The molecule has 0 amide bonds. The Labute approximate surface area is 119 Å². The van der Waals surface area contributed by atoms with E-state index in [2.05, 4.69) is 30.8 Å². The molecule has 1 aromatic heterocycles. The van der Waals surface area contributed by atoms with Crippen molar-refractivity contribution >= 4 is 5.97 Å². The first-order valence-corrected chi connectivity index (χ1v) is 7.01. The largest absolute Gasteiger partial charge is 0.479 e. The molecule has 1 fully saturated rings. The summed E-state index contributed by atoms with van der Waals surface area (Å²) in [7, 11) is 0. The number of aryl methyl sites for hydroxylation is 1. The van der Waals surface area contributed by atoms with E-state index in [4.69, 9.17) is 9.84 Å². The van der Waals surface area contributed by atoms with Crippen LogP contribution in [0.1, 0.15) is 36.8 Å². The Morgan fingerprint density at radius 2 is 2.20 bits per heavy atom. The molecule has 1 saturated heterocycles. The topological polar surface area (TPSA) is 67.6 Å². The van der Waals surface area contributed by atoms with Crippen molar-refractivity contribution in [1.82, 2.24) is 14.7 Å². The summed E-state index contributed by atoms with van der Waals surface area (Å²) in [6.07, 6.45) is -0.718. The third-order valence-electron chi connectivity index (χ3n) is 3.77. The number of hydrogen-bond donors (Lipinski definition) is 1. The Bertz CT molecular complexity index is 496. The zero-order chi connectivity index (χ0) is 14.9. The number of carboxylic acid groups (broad SMARTS) is 1. The molecule has 1 aliphatic rings. The van der Waals surface area contributed by atoms with Gasteiger partial charge >= 0.3 is 5.97 Å². The van der Waals surface area contributed by atoms with Gasteiger partial charge in [0.05, 0.1) is 12.3 Å². The number of aliphatic carboxylic acids is 1. The van der Waals surface area contributed by atoms with Gasteiger partial charge in [-0.2, -0.15) is 5.10 Å². The number of aromatic nitrogens is 2. The van der Waals surface area contributed by atoms with Gasteiger partial charge in [0.2, 0.25) is 0 Å². The predicted octanol–water partition coefficient (Wildman–Crippen LogP) is 1.37. The zero-order valence-corrected chi connectivity index (χ0v) is 12.6. The Kier molecular flexibility index (Phi) is 4.45. The van der Waals surface area contributed by atoms with E-state index < -0.39 is 12.1 Å². The smallest absolute Gasteiger partial charge is 0.334 e. The minimum Gasteiger partial charge on any atom is -0.479 e. The van der Waals surface area contributed by atoms with Crippen LogP contribution in [-0.4, -0.2) is 51.6 Å². The Hall–Kier alpha value is -1.40. The molecule has 1 N–H and O–H groups in total. The Morgan fingerprint density at radius 1 is 1.50 bits per heavy atom. The van der Waals surface area contributed by atoms with Crippen LogP contribution in [0.15, 0.2) is 0 Å². The molecule has 2 heterocycles. The molecule has 6 heteroatoms. The van der Waals surface area contributed by atoms with E-state index in [1.807, 2.05) is 11.6 Å². The van der Waals surface area contributed by atoms with Crippen LogP contribution in [0.5, 0.6) is 0 Å². The molecule has 0 spiro atoms. The molecule has 0 saturated carbocycles. The van der Waals surface area contributed by atoms with Gasteiger partial charge < -0.3 is 9.84 Å². The molecule has 0 aromatic carbocycles. The highest BCUT2D eigenvalue weighted by atomic mass is 16.5. The molecule has 1 aromatic rings. The monoisotopic (exact) mass is 281 g/mol. The zero-order valence-electron chi connectivity index (χ0n) is 12.6. The molecule has 0 radical (unpaired) electrons. The summed E-state index contributed by atoms with van der Waals surface area (Å²) < 4.78 is 7.28. The molecule has 1 atom stereocenters. The van der Waals surface area contributed by atoms with Crippen LogP contribution in [0.4, 0.5) is 0 Å². The highest BCUT2D eigenvalue weighted by molar-refractivity contribution is 5.72. The lowest BCUT2D eigenvalue weighted by molar-refractivity contribution is -0.156. The molecule has 112 valence electrons. The standard InChI is InChI=1S/C14H23N3O3/c1-9(2)17-11(4)12(10(3)15-17)7-16-5-6-20-13(8-16)14(18)19/h9,13H,5-8H2,1-4H3,(H,18,19). The fourth-order valence-electron chi connectivity index (χ4n) is 2.65. The summed E-state index contributed by atoms with van der Waals surface area (Å²) in [4.78, 5) is 13.1. The third kappa shape index (κ3) is 3.02. The fraction of sp³-hybridized carbons (Fsp3) is 0.714. The summed E-state index contributed by atoms with van der Waals surface area (Å²) in [5.74, 6) is -0.888. The van der Waals surface area contributed by atoms with Gasteiger partial charge in [0, 0.05) is 36.9 Å². The molecule has 1 aliphatic heterocycles. The second kappa shape index (κ2) is 5.93. The van der Waals surface area contributed by atoms with Gasteiger partial charge in [-0.15, -0.1) is 0 Å². The van der Waals surface area contributed by atoms with Gasteiger partial charge in [0.1, 0.15) is 0 Å².